The van der Waals surface area contributed by atoms with E-state index in [9.17, 15) is 9.90 Å². The number of hydrogen-bond donors (Lipinski definition) is 1. The average Bonchev–Trinajstić information content (AvgIpc) is 2.34. The Kier molecular flexibility index (Phi) is 2.54. The monoisotopic (exact) mass is 142 g/mol. The quantitative estimate of drug-likeness (QED) is 0.621. The summed E-state index contributed by atoms with van der Waals surface area (Å²) < 4.78 is 0. The Morgan fingerprint density at radius 2 is 2.00 bits per heavy atom. The highest BCUT2D eigenvalue weighted by atomic mass is 16.4. The van der Waals surface area contributed by atoms with E-state index in [0.29, 0.717) is 12.5 Å². The van der Waals surface area contributed by atoms with Crippen molar-refractivity contribution in [3.8, 4) is 0 Å². The first-order chi connectivity index (χ1) is 4.79. The fourth-order valence-corrected chi connectivity index (χ4v) is 1.44. The molecule has 0 heterocycles. The SMILES string of the molecule is [O]C(=O)NCC1CCCC1. The molecule has 0 aromatic carbocycles. The summed E-state index contributed by atoms with van der Waals surface area (Å²) in [6.07, 6.45) is 3.69. The highest BCUT2D eigenvalue weighted by Crippen LogP contribution is 2.23. The molecular weight excluding hydrogens is 130 g/mol. The summed E-state index contributed by atoms with van der Waals surface area (Å²) in [5.74, 6) is 0.567. The molecule has 1 N–H and O–H groups in total. The topological polar surface area (TPSA) is 49.0 Å². The first-order valence-corrected chi connectivity index (χ1v) is 3.74. The zero-order valence-electron chi connectivity index (χ0n) is 5.93. The van der Waals surface area contributed by atoms with Crippen LogP contribution < -0.4 is 5.32 Å². The van der Waals surface area contributed by atoms with Crippen LogP contribution in [-0.4, -0.2) is 12.6 Å². The van der Waals surface area contributed by atoms with Crippen molar-refractivity contribution in [1.82, 2.24) is 5.32 Å². The Morgan fingerprint density at radius 3 is 2.50 bits per heavy atom. The van der Waals surface area contributed by atoms with E-state index in [1.165, 1.54) is 25.7 Å². The number of amides is 1. The minimum atomic E-state index is -1.15. The third kappa shape index (κ3) is 2.25. The van der Waals surface area contributed by atoms with Crippen molar-refractivity contribution in [3.63, 3.8) is 0 Å². The molecule has 3 heteroatoms. The Hall–Kier alpha value is -0.730. The Balaban J connectivity index is 2.07. The standard InChI is InChI=1S/C7H12NO2/c9-7(10)8-5-6-3-1-2-4-6/h6,8H,1-5H2. The largest absolute Gasteiger partial charge is 0.450 e. The smallest absolute Gasteiger partial charge is 0.318 e. The number of rotatable bonds is 2. The first-order valence-electron chi connectivity index (χ1n) is 3.74. The van der Waals surface area contributed by atoms with Crippen LogP contribution in [0.4, 0.5) is 4.79 Å². The van der Waals surface area contributed by atoms with E-state index < -0.39 is 6.09 Å². The summed E-state index contributed by atoms with van der Waals surface area (Å²) in [6.45, 7) is 0.586. The maximum absolute atomic E-state index is 9.93. The molecule has 1 saturated carbocycles. The van der Waals surface area contributed by atoms with Gasteiger partial charge in [0, 0.05) is 6.54 Å². The molecule has 1 rings (SSSR count). The van der Waals surface area contributed by atoms with Gasteiger partial charge in [-0.3, -0.25) is 0 Å². The average molecular weight is 142 g/mol. The minimum Gasteiger partial charge on any atom is -0.318 e. The predicted octanol–water partition coefficient (Wildman–Crippen LogP) is 1.32. The number of hydrogen-bond acceptors (Lipinski definition) is 1. The highest BCUT2D eigenvalue weighted by molar-refractivity contribution is 5.63. The molecule has 1 aliphatic rings. The summed E-state index contributed by atoms with van der Waals surface area (Å²) in [6, 6.07) is 0. The molecule has 0 aromatic heterocycles. The molecule has 0 saturated heterocycles. The lowest BCUT2D eigenvalue weighted by Gasteiger charge is -2.05. The van der Waals surface area contributed by atoms with E-state index >= 15 is 0 Å². The number of carbonyl (C=O) groups excluding carboxylic acids is 1. The Labute approximate surface area is 60.4 Å². The molecule has 0 spiro atoms. The summed E-state index contributed by atoms with van der Waals surface area (Å²) in [4.78, 5) is 9.93. The summed E-state index contributed by atoms with van der Waals surface area (Å²) in [5.41, 5.74) is 0. The number of carbonyl (C=O) groups is 1. The number of nitrogens with one attached hydrogen (secondary N) is 1. The first kappa shape index (κ1) is 7.38. The van der Waals surface area contributed by atoms with Gasteiger partial charge >= 0.3 is 6.09 Å². The van der Waals surface area contributed by atoms with Crippen LogP contribution in [0.25, 0.3) is 0 Å². The highest BCUT2D eigenvalue weighted by Gasteiger charge is 2.15. The molecule has 57 valence electrons. The van der Waals surface area contributed by atoms with E-state index in [4.69, 9.17) is 0 Å². The van der Waals surface area contributed by atoms with Crippen molar-refractivity contribution in [2.75, 3.05) is 6.54 Å². The molecule has 1 radical (unpaired) electrons. The van der Waals surface area contributed by atoms with Gasteiger partial charge in [-0.05, 0) is 18.8 Å². The maximum Gasteiger partial charge on any atom is 0.450 e. The lowest BCUT2D eigenvalue weighted by atomic mass is 10.1. The van der Waals surface area contributed by atoms with Gasteiger partial charge < -0.3 is 5.32 Å². The molecule has 1 fully saturated rings. The van der Waals surface area contributed by atoms with Gasteiger partial charge in [-0.1, -0.05) is 12.8 Å². The maximum atomic E-state index is 9.93. The molecule has 0 aliphatic heterocycles. The summed E-state index contributed by atoms with van der Waals surface area (Å²) in [7, 11) is 0. The second-order valence-corrected chi connectivity index (χ2v) is 2.82. The van der Waals surface area contributed by atoms with Gasteiger partial charge in [0.1, 0.15) is 0 Å². The van der Waals surface area contributed by atoms with Gasteiger partial charge in [0.25, 0.3) is 0 Å². The van der Waals surface area contributed by atoms with Crippen LogP contribution in [0.1, 0.15) is 25.7 Å². The van der Waals surface area contributed by atoms with Gasteiger partial charge in [0.05, 0.1) is 0 Å². The van der Waals surface area contributed by atoms with Crippen LogP contribution >= 0.6 is 0 Å². The van der Waals surface area contributed by atoms with E-state index in [1.807, 2.05) is 0 Å². The fraction of sp³-hybridized carbons (Fsp3) is 0.857. The second-order valence-electron chi connectivity index (χ2n) is 2.82. The van der Waals surface area contributed by atoms with Crippen LogP contribution in [0.15, 0.2) is 0 Å². The zero-order valence-corrected chi connectivity index (χ0v) is 5.93. The third-order valence-electron chi connectivity index (χ3n) is 2.01. The molecule has 1 aliphatic carbocycles. The molecular formula is C7H12NO2. The molecule has 0 bridgehead atoms. The Bertz CT molecular complexity index is 119. The predicted molar refractivity (Wildman–Crippen MR) is 36.0 cm³/mol. The second kappa shape index (κ2) is 3.44. The van der Waals surface area contributed by atoms with E-state index in [2.05, 4.69) is 5.32 Å². The molecule has 3 nitrogen and oxygen atoms in total. The molecule has 1 amide bonds. The van der Waals surface area contributed by atoms with Crippen molar-refractivity contribution < 1.29 is 9.90 Å². The lowest BCUT2D eigenvalue weighted by Crippen LogP contribution is -2.25. The zero-order chi connectivity index (χ0) is 7.40. The van der Waals surface area contributed by atoms with Gasteiger partial charge in [0.15, 0.2) is 0 Å². The van der Waals surface area contributed by atoms with Crippen molar-refractivity contribution in [2.45, 2.75) is 25.7 Å². The van der Waals surface area contributed by atoms with E-state index in [0.717, 1.165) is 0 Å². The van der Waals surface area contributed by atoms with Crippen LogP contribution in [-0.2, 0) is 5.11 Å². The van der Waals surface area contributed by atoms with Crippen molar-refractivity contribution in [1.29, 1.82) is 0 Å². The molecule has 10 heavy (non-hydrogen) atoms. The van der Waals surface area contributed by atoms with Crippen molar-refractivity contribution in [2.24, 2.45) is 5.92 Å². The summed E-state index contributed by atoms with van der Waals surface area (Å²) in [5, 5.41) is 12.2. The van der Waals surface area contributed by atoms with Gasteiger partial charge in [0.2, 0.25) is 0 Å². The molecule has 0 unspecified atom stereocenters. The minimum absolute atomic E-state index is 0.567. The summed E-state index contributed by atoms with van der Waals surface area (Å²) >= 11 is 0. The fourth-order valence-electron chi connectivity index (χ4n) is 1.44. The van der Waals surface area contributed by atoms with Gasteiger partial charge in [-0.15, -0.1) is 0 Å². The van der Waals surface area contributed by atoms with Crippen molar-refractivity contribution >= 4 is 6.09 Å². The van der Waals surface area contributed by atoms with Crippen LogP contribution in [0.5, 0.6) is 0 Å². The van der Waals surface area contributed by atoms with E-state index in [-0.39, 0.29) is 0 Å². The Morgan fingerprint density at radius 1 is 1.40 bits per heavy atom. The third-order valence-corrected chi connectivity index (χ3v) is 2.01. The lowest BCUT2D eigenvalue weighted by molar-refractivity contribution is 0.166. The van der Waals surface area contributed by atoms with Gasteiger partial charge in [-0.25, -0.2) is 9.90 Å². The van der Waals surface area contributed by atoms with E-state index in [1.54, 1.807) is 0 Å². The van der Waals surface area contributed by atoms with Crippen LogP contribution in [0, 0.1) is 5.92 Å². The molecule has 0 atom stereocenters. The normalized spacial score (nSPS) is 19.2. The van der Waals surface area contributed by atoms with Crippen LogP contribution in [0.3, 0.4) is 0 Å². The molecule has 0 aromatic rings. The van der Waals surface area contributed by atoms with Crippen LogP contribution in [0.2, 0.25) is 0 Å². The van der Waals surface area contributed by atoms with Crippen molar-refractivity contribution in [3.05, 3.63) is 0 Å². The van der Waals surface area contributed by atoms with Gasteiger partial charge in [-0.2, -0.15) is 0 Å².